The molecule has 0 bridgehead atoms. The van der Waals surface area contributed by atoms with Crippen LogP contribution in [0.4, 0.5) is 11.4 Å². The van der Waals surface area contributed by atoms with Gasteiger partial charge in [-0.25, -0.2) is 0 Å². The van der Waals surface area contributed by atoms with E-state index in [-0.39, 0.29) is 0 Å². The summed E-state index contributed by atoms with van der Waals surface area (Å²) in [6.45, 7) is 1.09. The molecule has 0 atom stereocenters. The highest BCUT2D eigenvalue weighted by molar-refractivity contribution is 5.73. The first-order valence-electron chi connectivity index (χ1n) is 5.36. The van der Waals surface area contributed by atoms with Crippen LogP contribution in [0.15, 0.2) is 18.2 Å². The van der Waals surface area contributed by atoms with Gasteiger partial charge in [0.05, 0.1) is 18.5 Å². The van der Waals surface area contributed by atoms with Crippen LogP contribution in [0, 0.1) is 5.92 Å². The normalized spacial score (nSPS) is 15.1. The van der Waals surface area contributed by atoms with Crippen LogP contribution in [0.2, 0.25) is 0 Å². The first-order chi connectivity index (χ1) is 7.22. The largest absolute Gasteiger partial charge is 0.495 e. The van der Waals surface area contributed by atoms with Crippen LogP contribution in [0.1, 0.15) is 12.8 Å². The van der Waals surface area contributed by atoms with Gasteiger partial charge in [0.2, 0.25) is 0 Å². The lowest BCUT2D eigenvalue weighted by molar-refractivity contribution is 0.417. The summed E-state index contributed by atoms with van der Waals surface area (Å²) >= 11 is 0. The fourth-order valence-electron chi connectivity index (χ4n) is 1.83. The number of nitrogens with two attached hydrogens (primary N) is 1. The number of benzene rings is 1. The van der Waals surface area contributed by atoms with Gasteiger partial charge in [-0.05, 0) is 30.9 Å². The molecule has 1 aliphatic rings. The second kappa shape index (κ2) is 4.01. The first kappa shape index (κ1) is 10.1. The van der Waals surface area contributed by atoms with Crippen molar-refractivity contribution >= 4 is 11.4 Å². The molecule has 0 heterocycles. The van der Waals surface area contributed by atoms with Gasteiger partial charge in [0, 0.05) is 13.6 Å². The topological polar surface area (TPSA) is 38.5 Å². The van der Waals surface area contributed by atoms with Crippen LogP contribution in [0.3, 0.4) is 0 Å². The molecular formula is C12H18N2O. The van der Waals surface area contributed by atoms with Gasteiger partial charge < -0.3 is 15.4 Å². The molecule has 15 heavy (non-hydrogen) atoms. The van der Waals surface area contributed by atoms with E-state index in [9.17, 15) is 0 Å². The second-order valence-electron chi connectivity index (χ2n) is 4.22. The maximum Gasteiger partial charge on any atom is 0.143 e. The first-order valence-corrected chi connectivity index (χ1v) is 5.36. The Hall–Kier alpha value is -1.38. The van der Waals surface area contributed by atoms with Gasteiger partial charge in [-0.15, -0.1) is 0 Å². The summed E-state index contributed by atoms with van der Waals surface area (Å²) in [6, 6.07) is 5.91. The molecule has 1 fully saturated rings. The van der Waals surface area contributed by atoms with E-state index >= 15 is 0 Å². The van der Waals surface area contributed by atoms with Crippen molar-refractivity contribution in [3.05, 3.63) is 18.2 Å². The molecule has 1 aromatic rings. The summed E-state index contributed by atoms with van der Waals surface area (Å²) in [7, 11) is 3.74. The number of rotatable bonds is 4. The third-order valence-corrected chi connectivity index (χ3v) is 2.90. The highest BCUT2D eigenvalue weighted by Crippen LogP contribution is 2.35. The number of nitrogen functional groups attached to an aromatic ring is 1. The lowest BCUT2D eigenvalue weighted by Crippen LogP contribution is -2.21. The van der Waals surface area contributed by atoms with Crippen LogP contribution in [-0.4, -0.2) is 20.7 Å². The van der Waals surface area contributed by atoms with Crippen molar-refractivity contribution in [1.82, 2.24) is 0 Å². The highest BCUT2D eigenvalue weighted by atomic mass is 16.5. The van der Waals surface area contributed by atoms with E-state index in [2.05, 4.69) is 11.9 Å². The van der Waals surface area contributed by atoms with Crippen molar-refractivity contribution in [2.75, 3.05) is 31.3 Å². The van der Waals surface area contributed by atoms with Gasteiger partial charge in [0.15, 0.2) is 0 Å². The fraction of sp³-hybridized carbons (Fsp3) is 0.500. The van der Waals surface area contributed by atoms with Gasteiger partial charge >= 0.3 is 0 Å². The zero-order chi connectivity index (χ0) is 10.8. The average Bonchev–Trinajstić information content (AvgIpc) is 3.02. The molecule has 0 unspecified atom stereocenters. The van der Waals surface area contributed by atoms with Gasteiger partial charge in [-0.3, -0.25) is 0 Å². The molecule has 1 saturated carbocycles. The van der Waals surface area contributed by atoms with Gasteiger partial charge in [-0.1, -0.05) is 6.07 Å². The number of hydrogen-bond acceptors (Lipinski definition) is 3. The molecule has 82 valence electrons. The fourth-order valence-corrected chi connectivity index (χ4v) is 1.83. The Morgan fingerprint density at radius 2 is 2.20 bits per heavy atom. The van der Waals surface area contributed by atoms with E-state index < -0.39 is 0 Å². The standard InChI is InChI=1S/C12H18N2O/c1-14(8-9-6-7-9)10-4-3-5-11(15-2)12(10)13/h3-5,9H,6-8,13H2,1-2H3. The Balaban J connectivity index is 2.17. The minimum absolute atomic E-state index is 0.739. The molecule has 0 aliphatic heterocycles. The predicted octanol–water partition coefficient (Wildman–Crippen LogP) is 2.12. The van der Waals surface area contributed by atoms with Gasteiger partial charge in [0.25, 0.3) is 0 Å². The van der Waals surface area contributed by atoms with Crippen LogP contribution in [-0.2, 0) is 0 Å². The van der Waals surface area contributed by atoms with Crippen molar-refractivity contribution in [1.29, 1.82) is 0 Å². The Bertz CT molecular complexity index is 347. The van der Waals surface area contributed by atoms with E-state index in [1.807, 2.05) is 18.2 Å². The molecule has 1 aliphatic carbocycles. The minimum atomic E-state index is 0.739. The smallest absolute Gasteiger partial charge is 0.143 e. The SMILES string of the molecule is COc1cccc(N(C)CC2CC2)c1N. The maximum atomic E-state index is 6.02. The zero-order valence-electron chi connectivity index (χ0n) is 9.36. The Morgan fingerprint density at radius 3 is 2.80 bits per heavy atom. The van der Waals surface area contributed by atoms with Crippen LogP contribution >= 0.6 is 0 Å². The molecule has 2 rings (SSSR count). The van der Waals surface area contributed by atoms with Crippen molar-refractivity contribution in [3.8, 4) is 5.75 Å². The number of nitrogens with zero attached hydrogens (tertiary/aromatic N) is 1. The summed E-state index contributed by atoms with van der Waals surface area (Å²) in [5, 5.41) is 0. The molecule has 3 nitrogen and oxygen atoms in total. The van der Waals surface area contributed by atoms with E-state index in [1.165, 1.54) is 12.8 Å². The van der Waals surface area contributed by atoms with E-state index in [0.29, 0.717) is 0 Å². The highest BCUT2D eigenvalue weighted by Gasteiger charge is 2.23. The molecular weight excluding hydrogens is 188 g/mol. The van der Waals surface area contributed by atoms with E-state index in [1.54, 1.807) is 7.11 Å². The predicted molar refractivity (Wildman–Crippen MR) is 63.4 cm³/mol. The second-order valence-corrected chi connectivity index (χ2v) is 4.22. The van der Waals surface area contributed by atoms with Gasteiger partial charge in [0.1, 0.15) is 5.75 Å². The Morgan fingerprint density at radius 1 is 1.47 bits per heavy atom. The molecule has 2 N–H and O–H groups in total. The zero-order valence-corrected chi connectivity index (χ0v) is 9.36. The summed E-state index contributed by atoms with van der Waals surface area (Å²) in [4.78, 5) is 2.22. The molecule has 0 spiro atoms. The lowest BCUT2D eigenvalue weighted by atomic mass is 10.2. The third kappa shape index (κ3) is 2.17. The van der Waals surface area contributed by atoms with Crippen molar-refractivity contribution in [3.63, 3.8) is 0 Å². The van der Waals surface area contributed by atoms with Crippen molar-refractivity contribution < 1.29 is 4.74 Å². The number of anilines is 2. The van der Waals surface area contributed by atoms with E-state index in [0.717, 1.165) is 29.6 Å². The maximum absolute atomic E-state index is 6.02. The van der Waals surface area contributed by atoms with Gasteiger partial charge in [-0.2, -0.15) is 0 Å². The molecule has 1 aromatic carbocycles. The summed E-state index contributed by atoms with van der Waals surface area (Å²) in [5.74, 6) is 1.62. The molecule has 3 heteroatoms. The number of hydrogen-bond donors (Lipinski definition) is 1. The van der Waals surface area contributed by atoms with Crippen molar-refractivity contribution in [2.24, 2.45) is 5.92 Å². The number of ether oxygens (including phenoxy) is 1. The molecule has 0 radical (unpaired) electrons. The molecule has 0 saturated heterocycles. The monoisotopic (exact) mass is 206 g/mol. The van der Waals surface area contributed by atoms with Crippen LogP contribution in [0.5, 0.6) is 5.75 Å². The van der Waals surface area contributed by atoms with Crippen molar-refractivity contribution in [2.45, 2.75) is 12.8 Å². The number of para-hydroxylation sites is 1. The summed E-state index contributed by atoms with van der Waals surface area (Å²) in [5.41, 5.74) is 7.83. The summed E-state index contributed by atoms with van der Waals surface area (Å²) < 4.78 is 5.20. The third-order valence-electron chi connectivity index (χ3n) is 2.90. The quantitative estimate of drug-likeness (QED) is 0.767. The van der Waals surface area contributed by atoms with Crippen LogP contribution < -0.4 is 15.4 Å². The molecule has 0 amide bonds. The average molecular weight is 206 g/mol. The van der Waals surface area contributed by atoms with Crippen LogP contribution in [0.25, 0.3) is 0 Å². The number of methoxy groups -OCH3 is 1. The Labute approximate surface area is 90.8 Å². The minimum Gasteiger partial charge on any atom is -0.495 e. The van der Waals surface area contributed by atoms with E-state index in [4.69, 9.17) is 10.5 Å². The Kier molecular flexibility index (Phi) is 2.71. The molecule has 0 aromatic heterocycles. The lowest BCUT2D eigenvalue weighted by Gasteiger charge is -2.21. The summed E-state index contributed by atoms with van der Waals surface area (Å²) in [6.07, 6.45) is 2.71.